The first-order valence-electron chi connectivity index (χ1n) is 6.11. The van der Waals surface area contributed by atoms with E-state index in [1.807, 2.05) is 0 Å². The van der Waals surface area contributed by atoms with Crippen molar-refractivity contribution < 1.29 is 36.2 Å². The molecular formula is C15H9F5O3. The van der Waals surface area contributed by atoms with Crippen molar-refractivity contribution in [1.82, 2.24) is 0 Å². The van der Waals surface area contributed by atoms with Crippen molar-refractivity contribution in [1.29, 1.82) is 0 Å². The lowest BCUT2D eigenvalue weighted by molar-refractivity contribution is 0.0597. The Bertz CT molecular complexity index is 760. The molecule has 0 aliphatic carbocycles. The van der Waals surface area contributed by atoms with Gasteiger partial charge in [0, 0.05) is 0 Å². The van der Waals surface area contributed by atoms with E-state index < -0.39 is 40.6 Å². The Kier molecular flexibility index (Phi) is 4.53. The van der Waals surface area contributed by atoms with E-state index in [-0.39, 0.29) is 16.9 Å². The molecule has 0 saturated heterocycles. The molecule has 0 heterocycles. The fourth-order valence-corrected chi connectivity index (χ4v) is 1.99. The fraction of sp³-hybridized carbons (Fsp3) is 0.133. The summed E-state index contributed by atoms with van der Waals surface area (Å²) in [4.78, 5) is 11.6. The van der Waals surface area contributed by atoms with Gasteiger partial charge in [0.05, 0.1) is 19.8 Å². The molecule has 0 radical (unpaired) electrons. The van der Waals surface area contributed by atoms with E-state index in [9.17, 15) is 26.7 Å². The molecule has 0 bridgehead atoms. The lowest BCUT2D eigenvalue weighted by Gasteiger charge is -2.12. The molecule has 3 nitrogen and oxygen atoms in total. The highest BCUT2D eigenvalue weighted by Crippen LogP contribution is 2.34. The van der Waals surface area contributed by atoms with Gasteiger partial charge in [0.15, 0.2) is 23.3 Å². The molecule has 0 aromatic heterocycles. The Balaban J connectivity index is 2.76. The molecule has 23 heavy (non-hydrogen) atoms. The summed E-state index contributed by atoms with van der Waals surface area (Å²) in [6.07, 6.45) is 0. The van der Waals surface area contributed by atoms with Gasteiger partial charge in [-0.2, -0.15) is 0 Å². The number of hydrogen-bond donors (Lipinski definition) is 0. The number of esters is 1. The zero-order valence-electron chi connectivity index (χ0n) is 11.8. The standard InChI is InChI=1S/C15H9F5O3/c1-22-8-4-3-6(5-7(8)15(21)23-2)9-10(16)12(18)14(20)13(19)11(9)17/h3-5H,1-2H3. The third-order valence-corrected chi connectivity index (χ3v) is 3.10. The molecule has 0 unspecified atom stereocenters. The van der Waals surface area contributed by atoms with Crippen molar-refractivity contribution >= 4 is 5.97 Å². The molecule has 2 rings (SSSR count). The predicted octanol–water partition coefficient (Wildman–Crippen LogP) is 3.84. The second-order valence-corrected chi connectivity index (χ2v) is 4.35. The van der Waals surface area contributed by atoms with Crippen LogP contribution in [0.25, 0.3) is 11.1 Å². The van der Waals surface area contributed by atoms with Crippen LogP contribution in [0.15, 0.2) is 18.2 Å². The van der Waals surface area contributed by atoms with E-state index in [4.69, 9.17) is 4.74 Å². The number of methoxy groups -OCH3 is 2. The van der Waals surface area contributed by atoms with Crippen LogP contribution in [0.3, 0.4) is 0 Å². The first-order valence-corrected chi connectivity index (χ1v) is 6.11. The largest absolute Gasteiger partial charge is 0.496 e. The van der Waals surface area contributed by atoms with Crippen LogP contribution in [-0.2, 0) is 4.74 Å². The summed E-state index contributed by atoms with van der Waals surface area (Å²) in [6, 6.07) is 3.13. The lowest BCUT2D eigenvalue weighted by atomic mass is 10.0. The Hall–Kier alpha value is -2.64. The molecule has 2 aromatic carbocycles. The minimum atomic E-state index is -2.26. The summed E-state index contributed by atoms with van der Waals surface area (Å²) in [5.41, 5.74) is -1.76. The van der Waals surface area contributed by atoms with E-state index in [0.717, 1.165) is 25.3 Å². The van der Waals surface area contributed by atoms with Crippen LogP contribution in [0, 0.1) is 29.1 Å². The summed E-state index contributed by atoms with van der Waals surface area (Å²) >= 11 is 0. The molecule has 0 saturated carbocycles. The third kappa shape index (κ3) is 2.71. The number of hydrogen-bond acceptors (Lipinski definition) is 3. The zero-order valence-corrected chi connectivity index (χ0v) is 11.8. The Morgan fingerprint density at radius 3 is 1.87 bits per heavy atom. The lowest BCUT2D eigenvalue weighted by Crippen LogP contribution is -2.07. The minimum Gasteiger partial charge on any atom is -0.496 e. The first-order chi connectivity index (χ1) is 10.8. The van der Waals surface area contributed by atoms with Crippen LogP contribution >= 0.6 is 0 Å². The monoisotopic (exact) mass is 332 g/mol. The van der Waals surface area contributed by atoms with E-state index in [2.05, 4.69) is 4.74 Å². The van der Waals surface area contributed by atoms with E-state index in [1.54, 1.807) is 0 Å². The fourth-order valence-electron chi connectivity index (χ4n) is 1.99. The average Bonchev–Trinajstić information content (AvgIpc) is 2.57. The van der Waals surface area contributed by atoms with Gasteiger partial charge in [-0.1, -0.05) is 6.07 Å². The predicted molar refractivity (Wildman–Crippen MR) is 69.6 cm³/mol. The quantitative estimate of drug-likeness (QED) is 0.371. The molecule has 0 atom stereocenters. The summed E-state index contributed by atoms with van der Waals surface area (Å²) in [5.74, 6) is -11.3. The van der Waals surface area contributed by atoms with E-state index in [0.29, 0.717) is 0 Å². The van der Waals surface area contributed by atoms with Gasteiger partial charge in [0.25, 0.3) is 0 Å². The molecule has 0 aliphatic rings. The number of benzene rings is 2. The van der Waals surface area contributed by atoms with Gasteiger partial charge in [0.1, 0.15) is 11.3 Å². The highest BCUT2D eigenvalue weighted by molar-refractivity contribution is 5.94. The van der Waals surface area contributed by atoms with E-state index in [1.165, 1.54) is 7.11 Å². The molecule has 0 spiro atoms. The maximum absolute atomic E-state index is 13.8. The molecule has 0 fully saturated rings. The van der Waals surface area contributed by atoms with Gasteiger partial charge in [-0.3, -0.25) is 0 Å². The van der Waals surface area contributed by atoms with Crippen LogP contribution < -0.4 is 4.74 Å². The van der Waals surface area contributed by atoms with Crippen LogP contribution in [0.1, 0.15) is 10.4 Å². The SMILES string of the molecule is COC(=O)c1cc(-c2c(F)c(F)c(F)c(F)c2F)ccc1OC. The second-order valence-electron chi connectivity index (χ2n) is 4.35. The maximum Gasteiger partial charge on any atom is 0.341 e. The van der Waals surface area contributed by atoms with Crippen molar-refractivity contribution in [3.8, 4) is 16.9 Å². The summed E-state index contributed by atoms with van der Waals surface area (Å²) in [5, 5.41) is 0. The van der Waals surface area contributed by atoms with Crippen molar-refractivity contribution in [2.75, 3.05) is 14.2 Å². The van der Waals surface area contributed by atoms with Gasteiger partial charge in [-0.25, -0.2) is 26.7 Å². The second kappa shape index (κ2) is 6.23. The normalized spacial score (nSPS) is 10.6. The van der Waals surface area contributed by atoms with Crippen LogP contribution in [0.4, 0.5) is 22.0 Å². The highest BCUT2D eigenvalue weighted by Gasteiger charge is 2.27. The number of rotatable bonds is 3. The van der Waals surface area contributed by atoms with Gasteiger partial charge < -0.3 is 9.47 Å². The Labute approximate surface area is 127 Å². The van der Waals surface area contributed by atoms with Crippen molar-refractivity contribution in [3.63, 3.8) is 0 Å². The molecule has 0 N–H and O–H groups in total. The number of carbonyl (C=O) groups excluding carboxylic acids is 1. The minimum absolute atomic E-state index is 0.0180. The average molecular weight is 332 g/mol. The van der Waals surface area contributed by atoms with Crippen LogP contribution in [-0.4, -0.2) is 20.2 Å². The molecular weight excluding hydrogens is 323 g/mol. The Morgan fingerprint density at radius 2 is 1.39 bits per heavy atom. The van der Waals surface area contributed by atoms with E-state index >= 15 is 0 Å². The topological polar surface area (TPSA) is 35.5 Å². The van der Waals surface area contributed by atoms with Crippen LogP contribution in [0.5, 0.6) is 5.75 Å². The molecule has 8 heteroatoms. The van der Waals surface area contributed by atoms with Gasteiger partial charge in [-0.15, -0.1) is 0 Å². The van der Waals surface area contributed by atoms with Crippen molar-refractivity contribution in [2.45, 2.75) is 0 Å². The van der Waals surface area contributed by atoms with Gasteiger partial charge in [-0.05, 0) is 17.7 Å². The zero-order chi connectivity index (χ0) is 17.3. The smallest absolute Gasteiger partial charge is 0.341 e. The summed E-state index contributed by atoms with van der Waals surface area (Å²) < 4.78 is 76.6. The molecule has 122 valence electrons. The molecule has 0 amide bonds. The molecule has 2 aromatic rings. The van der Waals surface area contributed by atoms with Crippen molar-refractivity contribution in [2.24, 2.45) is 0 Å². The third-order valence-electron chi connectivity index (χ3n) is 3.10. The first kappa shape index (κ1) is 16.7. The van der Waals surface area contributed by atoms with Gasteiger partial charge >= 0.3 is 5.97 Å². The van der Waals surface area contributed by atoms with Crippen molar-refractivity contribution in [3.05, 3.63) is 52.8 Å². The maximum atomic E-state index is 13.8. The highest BCUT2D eigenvalue weighted by atomic mass is 19.2. The Morgan fingerprint density at radius 1 is 0.870 bits per heavy atom. The van der Waals surface area contributed by atoms with Gasteiger partial charge in [0.2, 0.25) is 5.82 Å². The number of carbonyl (C=O) groups is 1. The summed E-state index contributed by atoms with van der Waals surface area (Å²) in [7, 11) is 2.30. The number of halogens is 5. The van der Waals surface area contributed by atoms with Crippen LogP contribution in [0.2, 0.25) is 0 Å². The summed E-state index contributed by atoms with van der Waals surface area (Å²) in [6.45, 7) is 0. The molecule has 0 aliphatic heterocycles. The number of ether oxygens (including phenoxy) is 2.